The first kappa shape index (κ1) is 19.6. The van der Waals surface area contributed by atoms with Gasteiger partial charge in [0.05, 0.1) is 11.6 Å². The van der Waals surface area contributed by atoms with Crippen LogP contribution in [0.15, 0.2) is 41.2 Å². The Labute approximate surface area is 169 Å². The van der Waals surface area contributed by atoms with Crippen molar-refractivity contribution in [1.29, 1.82) is 0 Å². The molecule has 6 nitrogen and oxygen atoms in total. The first-order valence-corrected chi connectivity index (χ1v) is 10.5. The summed E-state index contributed by atoms with van der Waals surface area (Å²) < 4.78 is 14.5. The summed E-state index contributed by atoms with van der Waals surface area (Å²) in [4.78, 5) is 27.1. The Morgan fingerprint density at radius 2 is 1.76 bits per heavy atom. The summed E-state index contributed by atoms with van der Waals surface area (Å²) in [5.74, 6) is 0.358. The van der Waals surface area contributed by atoms with Crippen LogP contribution in [0.25, 0.3) is 5.69 Å². The van der Waals surface area contributed by atoms with Crippen molar-refractivity contribution < 1.29 is 9.18 Å². The number of nitrogens with one attached hydrogen (secondary N) is 1. The largest absolute Gasteiger partial charge is 0.354 e. The van der Waals surface area contributed by atoms with Crippen molar-refractivity contribution in [1.82, 2.24) is 15.1 Å². The van der Waals surface area contributed by atoms with Gasteiger partial charge in [0.15, 0.2) is 0 Å². The van der Waals surface area contributed by atoms with E-state index in [4.69, 9.17) is 0 Å². The van der Waals surface area contributed by atoms with Gasteiger partial charge in [-0.25, -0.2) is 4.39 Å². The lowest BCUT2D eigenvalue weighted by Gasteiger charge is -2.34. The molecule has 1 aromatic carbocycles. The molecule has 1 N–H and O–H groups in total. The number of amides is 1. The van der Waals surface area contributed by atoms with Gasteiger partial charge in [-0.1, -0.05) is 19.3 Å². The molecule has 29 heavy (non-hydrogen) atoms. The van der Waals surface area contributed by atoms with Crippen LogP contribution in [0, 0.1) is 11.7 Å². The number of aromatic nitrogens is 2. The Morgan fingerprint density at radius 1 is 1.00 bits per heavy atom. The molecule has 2 aliphatic rings. The average Bonchev–Trinajstić information content (AvgIpc) is 2.75. The second-order valence-electron chi connectivity index (χ2n) is 8.05. The third-order valence-corrected chi connectivity index (χ3v) is 5.93. The lowest BCUT2D eigenvalue weighted by molar-refractivity contribution is -0.126. The van der Waals surface area contributed by atoms with E-state index in [0.717, 1.165) is 32.2 Å². The summed E-state index contributed by atoms with van der Waals surface area (Å²) >= 11 is 0. The fourth-order valence-corrected chi connectivity index (χ4v) is 4.30. The highest BCUT2D eigenvalue weighted by Gasteiger charge is 2.28. The fraction of sp³-hybridized carbons (Fsp3) is 0.500. The van der Waals surface area contributed by atoms with Crippen molar-refractivity contribution in [3.05, 3.63) is 52.6 Å². The van der Waals surface area contributed by atoms with Crippen LogP contribution in [-0.4, -0.2) is 34.8 Å². The molecule has 1 amide bonds. The van der Waals surface area contributed by atoms with E-state index >= 15 is 0 Å². The van der Waals surface area contributed by atoms with Gasteiger partial charge in [0.25, 0.3) is 5.56 Å². The Bertz CT molecular complexity index is 906. The van der Waals surface area contributed by atoms with Crippen molar-refractivity contribution in [2.75, 3.05) is 18.0 Å². The maximum Gasteiger partial charge on any atom is 0.271 e. The zero-order chi connectivity index (χ0) is 20.2. The van der Waals surface area contributed by atoms with Gasteiger partial charge in [-0.3, -0.25) is 9.59 Å². The van der Waals surface area contributed by atoms with E-state index in [1.807, 2.05) is 0 Å². The Balaban J connectivity index is 1.48. The molecule has 1 unspecified atom stereocenters. The first-order chi connectivity index (χ1) is 14.1. The molecule has 2 fully saturated rings. The molecule has 1 saturated carbocycles. The third-order valence-electron chi connectivity index (χ3n) is 5.93. The maximum absolute atomic E-state index is 13.2. The number of nitrogens with zero attached hydrogens (tertiary/aromatic N) is 3. The molecule has 1 saturated heterocycles. The monoisotopic (exact) mass is 398 g/mol. The summed E-state index contributed by atoms with van der Waals surface area (Å²) in [6, 6.07) is 9.16. The van der Waals surface area contributed by atoms with Crippen molar-refractivity contribution in [3.8, 4) is 5.69 Å². The third kappa shape index (κ3) is 4.66. The van der Waals surface area contributed by atoms with Crippen LogP contribution in [0.4, 0.5) is 10.2 Å². The number of piperidine rings is 1. The minimum atomic E-state index is -0.360. The molecule has 154 valence electrons. The van der Waals surface area contributed by atoms with Crippen LogP contribution < -0.4 is 15.8 Å². The number of halogens is 1. The smallest absolute Gasteiger partial charge is 0.271 e. The van der Waals surface area contributed by atoms with E-state index in [9.17, 15) is 14.0 Å². The highest BCUT2D eigenvalue weighted by Crippen LogP contribution is 2.23. The Hall–Kier alpha value is -2.70. The van der Waals surface area contributed by atoms with Crippen LogP contribution in [0.5, 0.6) is 0 Å². The summed E-state index contributed by atoms with van der Waals surface area (Å²) in [7, 11) is 0. The standard InChI is InChI=1S/C22H27FN4O2/c23-17-8-10-19(11-9-17)27-21(28)13-12-20(25-27)26-14-4-5-16(15-26)22(29)24-18-6-2-1-3-7-18/h8-13,16,18H,1-7,14-15H2,(H,24,29). The van der Waals surface area contributed by atoms with E-state index in [-0.39, 0.29) is 23.2 Å². The predicted molar refractivity (Wildman–Crippen MR) is 110 cm³/mol. The SMILES string of the molecule is O=C(NC1CCCCC1)C1CCCN(c2ccc(=O)n(-c3ccc(F)cc3)n2)C1. The molecule has 7 heteroatoms. The minimum absolute atomic E-state index is 0.0707. The van der Waals surface area contributed by atoms with Crippen molar-refractivity contribution in [3.63, 3.8) is 0 Å². The molecule has 2 heterocycles. The second-order valence-corrected chi connectivity index (χ2v) is 8.05. The molecule has 1 aliphatic carbocycles. The summed E-state index contributed by atoms with van der Waals surface area (Å²) in [6.45, 7) is 1.38. The molecular formula is C22H27FN4O2. The van der Waals surface area contributed by atoms with Crippen LogP contribution >= 0.6 is 0 Å². The quantitative estimate of drug-likeness (QED) is 0.860. The van der Waals surface area contributed by atoms with E-state index < -0.39 is 0 Å². The topological polar surface area (TPSA) is 67.2 Å². The normalized spacial score (nSPS) is 20.4. The number of anilines is 1. The number of hydrogen-bond donors (Lipinski definition) is 1. The summed E-state index contributed by atoms with van der Waals surface area (Å²) in [5.41, 5.74) is 0.241. The number of carbonyl (C=O) groups excluding carboxylic acids is 1. The van der Waals surface area contributed by atoms with Gasteiger partial charge in [-0.05, 0) is 56.0 Å². The van der Waals surface area contributed by atoms with Gasteiger partial charge in [0, 0.05) is 25.2 Å². The molecule has 1 atom stereocenters. The minimum Gasteiger partial charge on any atom is -0.354 e. The van der Waals surface area contributed by atoms with E-state index in [1.165, 1.54) is 54.3 Å². The van der Waals surface area contributed by atoms with Crippen molar-refractivity contribution in [2.45, 2.75) is 51.0 Å². The van der Waals surface area contributed by atoms with Gasteiger partial charge in [0.1, 0.15) is 11.6 Å². The molecular weight excluding hydrogens is 371 g/mol. The van der Waals surface area contributed by atoms with Gasteiger partial charge < -0.3 is 10.2 Å². The maximum atomic E-state index is 13.2. The summed E-state index contributed by atoms with van der Waals surface area (Å²) in [5, 5.41) is 7.72. The van der Waals surface area contributed by atoms with Crippen LogP contribution in [0.1, 0.15) is 44.9 Å². The van der Waals surface area contributed by atoms with Gasteiger partial charge in [-0.15, -0.1) is 5.10 Å². The van der Waals surface area contributed by atoms with E-state index in [2.05, 4.69) is 15.3 Å². The number of carbonyl (C=O) groups is 1. The molecule has 1 aromatic heterocycles. The molecule has 1 aliphatic heterocycles. The first-order valence-electron chi connectivity index (χ1n) is 10.5. The van der Waals surface area contributed by atoms with Crippen LogP contribution in [-0.2, 0) is 4.79 Å². The van der Waals surface area contributed by atoms with Crippen LogP contribution in [0.2, 0.25) is 0 Å². The van der Waals surface area contributed by atoms with Gasteiger partial charge >= 0.3 is 0 Å². The average molecular weight is 398 g/mol. The van der Waals surface area contributed by atoms with E-state index in [0.29, 0.717) is 24.1 Å². The number of rotatable bonds is 4. The Morgan fingerprint density at radius 3 is 2.52 bits per heavy atom. The molecule has 0 radical (unpaired) electrons. The molecule has 0 spiro atoms. The second kappa shape index (κ2) is 8.76. The van der Waals surface area contributed by atoms with E-state index in [1.54, 1.807) is 6.07 Å². The van der Waals surface area contributed by atoms with Gasteiger partial charge in [-0.2, -0.15) is 4.68 Å². The molecule has 4 rings (SSSR count). The molecule has 2 aromatic rings. The van der Waals surface area contributed by atoms with Gasteiger partial charge in [0.2, 0.25) is 5.91 Å². The number of hydrogen-bond acceptors (Lipinski definition) is 4. The van der Waals surface area contributed by atoms with Crippen LogP contribution in [0.3, 0.4) is 0 Å². The predicted octanol–water partition coefficient (Wildman–Crippen LogP) is 3.04. The number of benzene rings is 1. The highest BCUT2D eigenvalue weighted by molar-refractivity contribution is 5.79. The zero-order valence-corrected chi connectivity index (χ0v) is 16.5. The molecule has 0 bridgehead atoms. The van der Waals surface area contributed by atoms with Crippen molar-refractivity contribution >= 4 is 11.7 Å². The lowest BCUT2D eigenvalue weighted by atomic mass is 9.93. The lowest BCUT2D eigenvalue weighted by Crippen LogP contribution is -2.46. The zero-order valence-electron chi connectivity index (χ0n) is 16.5. The highest BCUT2D eigenvalue weighted by atomic mass is 19.1. The van der Waals surface area contributed by atoms with Crippen molar-refractivity contribution in [2.24, 2.45) is 5.92 Å². The summed E-state index contributed by atoms with van der Waals surface area (Å²) in [6.07, 6.45) is 7.57. The fourth-order valence-electron chi connectivity index (χ4n) is 4.30. The Kier molecular flexibility index (Phi) is 5.92.